The number of hydrogen-bond donors (Lipinski definition) is 2. The molecule has 2 heterocycles. The van der Waals surface area contributed by atoms with Crippen LogP contribution in [0.15, 0.2) is 76.3 Å². The Hall–Kier alpha value is -3.78. The molecule has 0 aliphatic rings. The normalized spacial score (nSPS) is 11.3. The molecule has 0 aliphatic carbocycles. The molecule has 0 saturated heterocycles. The predicted molar refractivity (Wildman–Crippen MR) is 109 cm³/mol. The first-order valence-electron chi connectivity index (χ1n) is 8.66. The molecule has 2 aromatic carbocycles. The van der Waals surface area contributed by atoms with Gasteiger partial charge in [-0.2, -0.15) is 0 Å². The fraction of sp³-hybridized carbons (Fsp3) is 0.0476. The van der Waals surface area contributed by atoms with Crippen LogP contribution in [0.2, 0.25) is 0 Å². The van der Waals surface area contributed by atoms with Gasteiger partial charge in [0.05, 0.1) is 11.4 Å². The third-order valence-corrected chi connectivity index (χ3v) is 5.26. The van der Waals surface area contributed by atoms with E-state index in [1.165, 1.54) is 34.1 Å². The van der Waals surface area contributed by atoms with Gasteiger partial charge in [-0.05, 0) is 35.2 Å². The van der Waals surface area contributed by atoms with E-state index in [9.17, 15) is 19.8 Å². The number of benzene rings is 2. The number of rotatable bonds is 4. The molecule has 2 aromatic heterocycles. The topological polar surface area (TPSA) is 104 Å². The fourth-order valence-corrected chi connectivity index (χ4v) is 3.56. The summed E-state index contributed by atoms with van der Waals surface area (Å²) in [7, 11) is 0. The Bertz CT molecular complexity index is 1230. The first-order chi connectivity index (χ1) is 14.0. The largest absolute Gasteiger partial charge is 0.494 e. The van der Waals surface area contributed by atoms with E-state index in [4.69, 9.17) is 0 Å². The van der Waals surface area contributed by atoms with Gasteiger partial charge in [-0.3, -0.25) is 14.2 Å². The van der Waals surface area contributed by atoms with Crippen LogP contribution in [0, 0.1) is 0 Å². The van der Waals surface area contributed by atoms with Crippen LogP contribution in [0.3, 0.4) is 0 Å². The van der Waals surface area contributed by atoms with E-state index in [0.717, 1.165) is 5.56 Å². The minimum Gasteiger partial charge on any atom is -0.494 e. The summed E-state index contributed by atoms with van der Waals surface area (Å²) in [5.74, 6) is -1.58. The van der Waals surface area contributed by atoms with Crippen molar-refractivity contribution in [2.45, 2.75) is 6.54 Å². The van der Waals surface area contributed by atoms with Gasteiger partial charge >= 0.3 is 5.91 Å². The van der Waals surface area contributed by atoms with Crippen molar-refractivity contribution >= 4 is 33.9 Å². The Morgan fingerprint density at radius 2 is 1.59 bits per heavy atom. The number of aromatic nitrogens is 1. The van der Waals surface area contributed by atoms with Crippen LogP contribution in [-0.4, -0.2) is 26.6 Å². The molecular weight excluding hydrogens is 390 g/mol. The van der Waals surface area contributed by atoms with E-state index in [0.29, 0.717) is 15.6 Å². The van der Waals surface area contributed by atoms with Gasteiger partial charge in [0.15, 0.2) is 0 Å². The van der Waals surface area contributed by atoms with Gasteiger partial charge < -0.3 is 10.2 Å². The van der Waals surface area contributed by atoms with E-state index in [2.05, 4.69) is 10.2 Å². The highest BCUT2D eigenvalue weighted by Crippen LogP contribution is 2.37. The lowest BCUT2D eigenvalue weighted by Gasteiger charge is -2.06. The Labute approximate surface area is 169 Å². The number of thiophene rings is 1. The molecule has 7 nitrogen and oxygen atoms in total. The molecule has 8 heteroatoms. The van der Waals surface area contributed by atoms with Crippen molar-refractivity contribution in [3.05, 3.63) is 82.0 Å². The minimum atomic E-state index is -0.716. The first kappa shape index (κ1) is 18.6. The second kappa shape index (κ2) is 7.69. The summed E-state index contributed by atoms with van der Waals surface area (Å²) in [5.41, 5.74) is 1.04. The van der Waals surface area contributed by atoms with Crippen molar-refractivity contribution in [2.75, 3.05) is 0 Å². The van der Waals surface area contributed by atoms with E-state index < -0.39 is 11.8 Å². The molecule has 0 radical (unpaired) electrons. The molecule has 0 spiro atoms. The van der Waals surface area contributed by atoms with Crippen molar-refractivity contribution < 1.29 is 19.8 Å². The van der Waals surface area contributed by atoms with Crippen LogP contribution in [0.5, 0.6) is 11.8 Å². The van der Waals surface area contributed by atoms with E-state index >= 15 is 0 Å². The molecule has 2 N–H and O–H groups in total. The van der Waals surface area contributed by atoms with Crippen LogP contribution in [0.4, 0.5) is 0 Å². The molecule has 0 fully saturated rings. The smallest absolute Gasteiger partial charge is 0.305 e. The van der Waals surface area contributed by atoms with Gasteiger partial charge in [0.25, 0.3) is 5.91 Å². The number of amides is 2. The Kier molecular flexibility index (Phi) is 4.92. The Morgan fingerprint density at radius 1 is 0.862 bits per heavy atom. The average molecular weight is 405 g/mol. The number of azo groups is 1. The second-order valence-corrected chi connectivity index (χ2v) is 7.21. The van der Waals surface area contributed by atoms with E-state index in [1.807, 2.05) is 30.3 Å². The third kappa shape index (κ3) is 3.65. The van der Waals surface area contributed by atoms with Gasteiger partial charge in [0.1, 0.15) is 0 Å². The average Bonchev–Trinajstić information content (AvgIpc) is 3.36. The highest BCUT2D eigenvalue weighted by atomic mass is 32.1. The van der Waals surface area contributed by atoms with Gasteiger partial charge in [-0.15, -0.1) is 21.6 Å². The Balaban J connectivity index is 1.63. The number of fused-ring (bicyclic) bond motifs is 1. The van der Waals surface area contributed by atoms with E-state index in [-0.39, 0.29) is 23.9 Å². The molecule has 4 aromatic rings. The molecule has 2 amide bonds. The van der Waals surface area contributed by atoms with E-state index in [1.54, 1.807) is 17.5 Å². The lowest BCUT2D eigenvalue weighted by Crippen LogP contribution is -1.97. The SMILES string of the molecule is O=C(N=NC(=O)c1cccs1)c1ccc2c(O)n(Cc3ccccc3)c(O)c2c1. The van der Waals surface area contributed by atoms with Crippen LogP contribution in [-0.2, 0) is 6.54 Å². The maximum absolute atomic E-state index is 12.3. The summed E-state index contributed by atoms with van der Waals surface area (Å²) in [6.45, 7) is 0.269. The molecule has 0 unspecified atom stereocenters. The van der Waals surface area contributed by atoms with Gasteiger partial charge in [-0.1, -0.05) is 36.4 Å². The van der Waals surface area contributed by atoms with Crippen molar-refractivity contribution in [3.63, 3.8) is 0 Å². The second-order valence-electron chi connectivity index (χ2n) is 6.27. The monoisotopic (exact) mass is 405 g/mol. The molecule has 4 rings (SSSR count). The zero-order chi connectivity index (χ0) is 20.4. The number of carbonyl (C=O) groups excluding carboxylic acids is 2. The summed E-state index contributed by atoms with van der Waals surface area (Å²) in [6, 6.07) is 17.1. The van der Waals surface area contributed by atoms with Gasteiger partial charge in [-0.25, -0.2) is 0 Å². The fourth-order valence-electron chi connectivity index (χ4n) is 2.96. The standard InChI is InChI=1S/C21H15N3O4S/c25-18(22-23-19(26)17-7-4-10-29-17)14-8-9-15-16(11-14)21(28)24(20(15)27)12-13-5-2-1-3-6-13/h1-11,27-28H,12H2. The summed E-state index contributed by atoms with van der Waals surface area (Å²) in [6.07, 6.45) is 0. The third-order valence-electron chi connectivity index (χ3n) is 4.41. The van der Waals surface area contributed by atoms with Crippen LogP contribution >= 0.6 is 11.3 Å². The van der Waals surface area contributed by atoms with Crippen LogP contribution < -0.4 is 0 Å². The molecule has 0 saturated carbocycles. The number of carbonyl (C=O) groups is 2. The number of nitrogens with zero attached hydrogens (tertiary/aromatic N) is 3. The van der Waals surface area contributed by atoms with Gasteiger partial charge in [0.2, 0.25) is 11.8 Å². The number of aromatic hydroxyl groups is 2. The van der Waals surface area contributed by atoms with Crippen molar-refractivity contribution in [1.82, 2.24) is 4.57 Å². The van der Waals surface area contributed by atoms with Crippen molar-refractivity contribution in [3.8, 4) is 11.8 Å². The zero-order valence-corrected chi connectivity index (χ0v) is 15.8. The molecular formula is C21H15N3O4S. The maximum Gasteiger partial charge on any atom is 0.305 e. The Morgan fingerprint density at radius 3 is 2.31 bits per heavy atom. The summed E-state index contributed by atoms with van der Waals surface area (Å²) < 4.78 is 1.36. The lowest BCUT2D eigenvalue weighted by atomic mass is 10.1. The molecule has 0 bridgehead atoms. The van der Waals surface area contributed by atoms with Gasteiger partial charge in [0, 0.05) is 16.3 Å². The maximum atomic E-state index is 12.3. The zero-order valence-electron chi connectivity index (χ0n) is 15.0. The van der Waals surface area contributed by atoms with Crippen LogP contribution in [0.25, 0.3) is 10.8 Å². The highest BCUT2D eigenvalue weighted by Gasteiger charge is 2.18. The number of hydrogen-bond acceptors (Lipinski definition) is 5. The molecule has 29 heavy (non-hydrogen) atoms. The summed E-state index contributed by atoms with van der Waals surface area (Å²) in [5, 5.41) is 30.4. The highest BCUT2D eigenvalue weighted by molar-refractivity contribution is 7.12. The quantitative estimate of drug-likeness (QED) is 0.484. The summed E-state index contributed by atoms with van der Waals surface area (Å²) in [4.78, 5) is 24.5. The van der Waals surface area contributed by atoms with Crippen molar-refractivity contribution in [1.29, 1.82) is 0 Å². The first-order valence-corrected chi connectivity index (χ1v) is 9.54. The molecule has 0 atom stereocenters. The minimum absolute atomic E-state index is 0.102. The van der Waals surface area contributed by atoms with Crippen molar-refractivity contribution in [2.24, 2.45) is 10.2 Å². The summed E-state index contributed by atoms with van der Waals surface area (Å²) >= 11 is 1.21. The lowest BCUT2D eigenvalue weighted by molar-refractivity contribution is 0.0949. The predicted octanol–water partition coefficient (Wildman–Crippen LogP) is 4.60. The van der Waals surface area contributed by atoms with Crippen LogP contribution in [0.1, 0.15) is 25.6 Å². The molecule has 0 aliphatic heterocycles. The molecule has 144 valence electrons.